The average Bonchev–Trinajstić information content (AvgIpc) is 3.24. The predicted molar refractivity (Wildman–Crippen MR) is 141 cm³/mol. The Bertz CT molecular complexity index is 1360. The minimum atomic E-state index is -3.39. The van der Waals surface area contributed by atoms with Gasteiger partial charge in [0, 0.05) is 18.2 Å². The molecule has 10 heteroatoms. The van der Waals surface area contributed by atoms with Crippen molar-refractivity contribution >= 4 is 24.6 Å². The van der Waals surface area contributed by atoms with Crippen molar-refractivity contribution in [3.05, 3.63) is 93.3 Å². The molecule has 9 nitrogen and oxygen atoms in total. The van der Waals surface area contributed by atoms with Crippen LogP contribution in [-0.4, -0.2) is 56.6 Å². The molecule has 0 amide bonds. The molecule has 4 atom stereocenters. The number of ether oxygens (including phenoxy) is 1. The summed E-state index contributed by atoms with van der Waals surface area (Å²) in [6.45, 7) is 7.67. The zero-order valence-electron chi connectivity index (χ0n) is 21.2. The van der Waals surface area contributed by atoms with Crippen LogP contribution in [0.15, 0.2) is 76.4 Å². The first-order chi connectivity index (χ1) is 17.4. The van der Waals surface area contributed by atoms with Crippen LogP contribution in [0.3, 0.4) is 0 Å². The van der Waals surface area contributed by atoms with Crippen LogP contribution in [0.4, 0.5) is 0 Å². The van der Waals surface area contributed by atoms with Crippen molar-refractivity contribution < 1.29 is 24.9 Å². The summed E-state index contributed by atoms with van der Waals surface area (Å²) in [5.41, 5.74) is -0.739. The van der Waals surface area contributed by atoms with E-state index in [0.29, 0.717) is 5.56 Å². The quantitative estimate of drug-likeness (QED) is 0.407. The fourth-order valence-electron chi connectivity index (χ4n) is 5.46. The largest absolute Gasteiger partial charge is 0.479 e. The fourth-order valence-corrected chi connectivity index (χ4v) is 10.9. The topological polar surface area (TPSA) is 131 Å². The van der Waals surface area contributed by atoms with E-state index in [1.165, 1.54) is 15.0 Å². The Hall–Kier alpha value is -3.31. The number of aromatic nitrogens is 2. The second-order valence-electron chi connectivity index (χ2n) is 10.5. The second kappa shape index (κ2) is 9.86. The molecule has 3 aromatic rings. The highest BCUT2D eigenvalue weighted by Crippen LogP contribution is 2.36. The normalized spacial score (nSPS) is 21.1. The predicted octanol–water partition coefficient (Wildman–Crippen LogP) is 0.820. The lowest BCUT2D eigenvalue weighted by atomic mass is 10.1. The van der Waals surface area contributed by atoms with Crippen molar-refractivity contribution in [2.75, 3.05) is 0 Å². The summed E-state index contributed by atoms with van der Waals surface area (Å²) in [6, 6.07) is 19.1. The monoisotopic (exact) mass is 524 g/mol. The SMILES string of the molecule is Cc1cn([C@H]2CC(O)[C@@H](C(O)C(=O)O)O2)c(=O)n([Si](c2ccccc2)(c2ccccc2)C(C)(C)C)c1=O. The van der Waals surface area contributed by atoms with Crippen LogP contribution < -0.4 is 21.6 Å². The zero-order valence-corrected chi connectivity index (χ0v) is 22.2. The maximum atomic E-state index is 14.3. The molecule has 1 saturated heterocycles. The van der Waals surface area contributed by atoms with E-state index in [1.54, 1.807) is 6.92 Å². The molecular weight excluding hydrogens is 492 g/mol. The number of carbonyl (C=O) groups is 1. The lowest BCUT2D eigenvalue weighted by Crippen LogP contribution is -2.75. The highest BCUT2D eigenvalue weighted by molar-refractivity contribution is 7.03. The maximum absolute atomic E-state index is 14.3. The van der Waals surface area contributed by atoms with Gasteiger partial charge >= 0.3 is 11.7 Å². The van der Waals surface area contributed by atoms with Gasteiger partial charge in [-0.2, -0.15) is 0 Å². The molecule has 0 radical (unpaired) electrons. The van der Waals surface area contributed by atoms with Gasteiger partial charge < -0.3 is 20.1 Å². The molecule has 1 aromatic heterocycles. The Morgan fingerprint density at radius 1 is 1.03 bits per heavy atom. The van der Waals surface area contributed by atoms with Crippen molar-refractivity contribution in [1.82, 2.24) is 8.80 Å². The van der Waals surface area contributed by atoms with E-state index >= 15 is 0 Å². The van der Waals surface area contributed by atoms with Crippen molar-refractivity contribution in [2.45, 2.75) is 63.7 Å². The molecule has 4 rings (SSSR count). The van der Waals surface area contributed by atoms with Crippen LogP contribution >= 0.6 is 0 Å². The third-order valence-corrected chi connectivity index (χ3v) is 12.7. The van der Waals surface area contributed by atoms with Gasteiger partial charge in [-0.1, -0.05) is 81.4 Å². The van der Waals surface area contributed by atoms with Crippen LogP contribution in [0, 0.1) is 6.92 Å². The number of aliphatic carboxylic acids is 1. The van der Waals surface area contributed by atoms with Gasteiger partial charge in [-0.25, -0.2) is 9.59 Å². The number of nitrogens with zero attached hydrogens (tertiary/aromatic N) is 2. The van der Waals surface area contributed by atoms with E-state index in [0.717, 1.165) is 10.4 Å². The lowest BCUT2D eigenvalue weighted by Gasteiger charge is -2.44. The number of carboxylic acid groups (broad SMARTS) is 1. The van der Waals surface area contributed by atoms with Crippen molar-refractivity contribution in [3.8, 4) is 0 Å². The molecule has 0 saturated carbocycles. The van der Waals surface area contributed by atoms with E-state index < -0.39 is 55.0 Å². The Morgan fingerprint density at radius 2 is 1.54 bits per heavy atom. The molecule has 2 unspecified atom stereocenters. The molecule has 0 aliphatic carbocycles. The first kappa shape index (κ1) is 26.7. The molecule has 1 aliphatic rings. The number of aliphatic hydroxyl groups excluding tert-OH is 2. The van der Waals surface area contributed by atoms with Gasteiger partial charge in [0.1, 0.15) is 12.3 Å². The number of aryl methyl sites for hydroxylation is 1. The first-order valence-corrected chi connectivity index (χ1v) is 14.1. The van der Waals surface area contributed by atoms with E-state index in [1.807, 2.05) is 81.4 Å². The van der Waals surface area contributed by atoms with Gasteiger partial charge in [-0.3, -0.25) is 13.6 Å². The summed E-state index contributed by atoms with van der Waals surface area (Å²) in [7, 11) is -3.39. The summed E-state index contributed by atoms with van der Waals surface area (Å²) in [5, 5.41) is 30.8. The summed E-state index contributed by atoms with van der Waals surface area (Å²) in [5.74, 6) is -1.54. The number of hydrogen-bond donors (Lipinski definition) is 3. The second-order valence-corrected chi connectivity index (χ2v) is 15.0. The summed E-state index contributed by atoms with van der Waals surface area (Å²) in [4.78, 5) is 39.5. The van der Waals surface area contributed by atoms with Gasteiger partial charge in [0.25, 0.3) is 5.56 Å². The lowest BCUT2D eigenvalue weighted by molar-refractivity contribution is -0.160. The average molecular weight is 525 g/mol. The molecule has 3 N–H and O–H groups in total. The number of hydrogen-bond acceptors (Lipinski definition) is 6. The molecule has 37 heavy (non-hydrogen) atoms. The third kappa shape index (κ3) is 4.40. The Labute approximate surface area is 215 Å². The Morgan fingerprint density at radius 3 is 2.00 bits per heavy atom. The molecule has 2 heterocycles. The van der Waals surface area contributed by atoms with E-state index in [4.69, 9.17) is 4.74 Å². The van der Waals surface area contributed by atoms with Crippen LogP contribution in [-0.2, 0) is 9.53 Å². The van der Waals surface area contributed by atoms with Gasteiger partial charge in [0.2, 0.25) is 8.24 Å². The van der Waals surface area contributed by atoms with E-state index in [9.17, 15) is 29.7 Å². The van der Waals surface area contributed by atoms with Crippen molar-refractivity contribution in [3.63, 3.8) is 0 Å². The number of aliphatic hydroxyl groups is 2. The number of rotatable bonds is 6. The fraction of sp³-hybridized carbons (Fsp3) is 0.370. The minimum absolute atomic E-state index is 0.118. The van der Waals surface area contributed by atoms with E-state index in [-0.39, 0.29) is 6.42 Å². The highest BCUT2D eigenvalue weighted by Gasteiger charge is 2.53. The molecule has 2 aromatic carbocycles. The van der Waals surface area contributed by atoms with Crippen molar-refractivity contribution in [2.24, 2.45) is 0 Å². The number of carboxylic acids is 1. The molecular formula is C27H32N2O7Si. The Balaban J connectivity index is 2.04. The first-order valence-electron chi connectivity index (χ1n) is 12.1. The maximum Gasteiger partial charge on any atom is 0.335 e. The molecule has 0 bridgehead atoms. The third-order valence-electron chi connectivity index (χ3n) is 7.10. The molecule has 196 valence electrons. The highest BCUT2D eigenvalue weighted by atomic mass is 28.3. The van der Waals surface area contributed by atoms with Crippen LogP contribution in [0.25, 0.3) is 0 Å². The smallest absolute Gasteiger partial charge is 0.335 e. The van der Waals surface area contributed by atoms with Crippen molar-refractivity contribution in [1.29, 1.82) is 0 Å². The van der Waals surface area contributed by atoms with Crippen LogP contribution in [0.1, 0.15) is 39.0 Å². The summed E-state index contributed by atoms with van der Waals surface area (Å²) < 4.78 is 8.33. The standard InChI is InChI=1S/C27H32N2O7Si/c1-17-16-28(21-15-20(30)23(36-21)22(31)25(33)34)26(35)29(24(17)32)37(27(2,3)4,18-11-7-5-8-12-18)19-13-9-6-10-14-19/h5-14,16,20-23,30-31H,15H2,1-4H3,(H,33,34)/t20?,21-,22?,23+/m1/s1. The Kier molecular flexibility index (Phi) is 7.13. The van der Waals surface area contributed by atoms with Gasteiger partial charge in [0.15, 0.2) is 6.10 Å². The molecule has 0 spiro atoms. The molecule has 1 fully saturated rings. The number of benzene rings is 2. The molecule has 1 aliphatic heterocycles. The van der Waals surface area contributed by atoms with Crippen LogP contribution in [0.5, 0.6) is 0 Å². The van der Waals surface area contributed by atoms with Gasteiger partial charge in [-0.05, 0) is 22.3 Å². The zero-order chi connectivity index (χ0) is 27.1. The van der Waals surface area contributed by atoms with Gasteiger partial charge in [-0.15, -0.1) is 0 Å². The van der Waals surface area contributed by atoms with Gasteiger partial charge in [0.05, 0.1) is 6.10 Å². The minimum Gasteiger partial charge on any atom is -0.479 e. The summed E-state index contributed by atoms with van der Waals surface area (Å²) >= 11 is 0. The van der Waals surface area contributed by atoms with E-state index in [2.05, 4.69) is 0 Å². The summed E-state index contributed by atoms with van der Waals surface area (Å²) in [6.07, 6.45) is -4.48. The van der Waals surface area contributed by atoms with Crippen LogP contribution in [0.2, 0.25) is 5.04 Å².